The van der Waals surface area contributed by atoms with Gasteiger partial charge in [-0.05, 0) is 61.2 Å². The quantitative estimate of drug-likeness (QED) is 0.405. The number of nitrogens with zero attached hydrogens (tertiary/aromatic N) is 5. The van der Waals surface area contributed by atoms with E-state index in [0.29, 0.717) is 0 Å². The molecule has 5 rings (SSSR count). The van der Waals surface area contributed by atoms with Crippen LogP contribution in [0.25, 0.3) is 17.8 Å². The molecule has 162 valence electrons. The number of hydrogen-bond acceptors (Lipinski definition) is 4. The number of benzene rings is 2. The van der Waals surface area contributed by atoms with Crippen LogP contribution in [0.4, 0.5) is 0 Å². The van der Waals surface area contributed by atoms with Gasteiger partial charge in [-0.3, -0.25) is 0 Å². The predicted molar refractivity (Wildman–Crippen MR) is 126 cm³/mol. The van der Waals surface area contributed by atoms with Crippen molar-refractivity contribution in [3.8, 4) is 11.4 Å². The first-order valence-corrected chi connectivity index (χ1v) is 11.1. The number of hydrogen-bond donors (Lipinski definition) is 0. The molecule has 4 aromatic rings. The highest BCUT2D eigenvalue weighted by Gasteiger charge is 2.25. The maximum atomic E-state index is 6.07. The lowest BCUT2D eigenvalue weighted by molar-refractivity contribution is 0.413. The molecule has 2 aromatic carbocycles. The van der Waals surface area contributed by atoms with E-state index in [-0.39, 0.29) is 5.92 Å². The molecule has 32 heavy (non-hydrogen) atoms. The first-order chi connectivity index (χ1) is 15.6. The van der Waals surface area contributed by atoms with Gasteiger partial charge in [0, 0.05) is 23.7 Å². The third kappa shape index (κ3) is 3.94. The Bertz CT molecular complexity index is 1270. The van der Waals surface area contributed by atoms with Crippen molar-refractivity contribution in [1.29, 1.82) is 0 Å². The molecule has 0 bridgehead atoms. The minimum atomic E-state index is 0.244. The molecule has 0 amide bonds. The van der Waals surface area contributed by atoms with Crippen LogP contribution in [0.3, 0.4) is 0 Å². The summed E-state index contributed by atoms with van der Waals surface area (Å²) in [5.74, 6) is 2.91. The van der Waals surface area contributed by atoms with E-state index in [4.69, 9.17) is 16.3 Å². The van der Waals surface area contributed by atoms with Crippen LogP contribution in [0.15, 0.2) is 55.0 Å². The summed E-state index contributed by atoms with van der Waals surface area (Å²) in [6, 6.07) is 14.2. The Morgan fingerprint density at radius 2 is 1.94 bits per heavy atom. The van der Waals surface area contributed by atoms with Gasteiger partial charge in [0.05, 0.1) is 24.8 Å². The van der Waals surface area contributed by atoms with Gasteiger partial charge in [-0.15, -0.1) is 10.2 Å². The first kappa shape index (κ1) is 20.5. The number of ether oxygens (including phenoxy) is 1. The second-order valence-electron chi connectivity index (χ2n) is 8.00. The lowest BCUT2D eigenvalue weighted by atomic mass is 9.91. The lowest BCUT2D eigenvalue weighted by Gasteiger charge is -2.23. The molecule has 1 atom stereocenters. The smallest absolute Gasteiger partial charge is 0.156 e. The van der Waals surface area contributed by atoms with Gasteiger partial charge in [-0.2, -0.15) is 0 Å². The van der Waals surface area contributed by atoms with E-state index in [1.54, 1.807) is 13.4 Å². The Kier molecular flexibility index (Phi) is 5.53. The molecular formula is C25H24ClN5O. The average Bonchev–Trinajstić information content (AvgIpc) is 3.44. The zero-order valence-corrected chi connectivity index (χ0v) is 18.8. The predicted octanol–water partition coefficient (Wildman–Crippen LogP) is 5.53. The molecule has 3 heterocycles. The summed E-state index contributed by atoms with van der Waals surface area (Å²) < 4.78 is 9.81. The van der Waals surface area contributed by atoms with Crippen LogP contribution < -0.4 is 4.74 Å². The summed E-state index contributed by atoms with van der Waals surface area (Å²) in [6.07, 6.45) is 10.0. The van der Waals surface area contributed by atoms with E-state index in [0.717, 1.165) is 58.8 Å². The molecule has 7 heteroatoms. The molecule has 0 N–H and O–H groups in total. The number of fused-ring (bicyclic) bond motifs is 1. The fraction of sp³-hybridized carbons (Fsp3) is 0.240. The number of imidazole rings is 1. The number of methoxy groups -OCH3 is 1. The van der Waals surface area contributed by atoms with Crippen LogP contribution in [0.1, 0.15) is 47.2 Å². The summed E-state index contributed by atoms with van der Waals surface area (Å²) in [7, 11) is 1.68. The van der Waals surface area contributed by atoms with E-state index in [9.17, 15) is 0 Å². The van der Waals surface area contributed by atoms with Crippen molar-refractivity contribution >= 4 is 23.8 Å². The third-order valence-electron chi connectivity index (χ3n) is 5.89. The van der Waals surface area contributed by atoms with Gasteiger partial charge in [-0.25, -0.2) is 4.98 Å². The first-order valence-electron chi connectivity index (χ1n) is 10.7. The van der Waals surface area contributed by atoms with Gasteiger partial charge in [-0.1, -0.05) is 35.9 Å². The highest BCUT2D eigenvalue weighted by atomic mass is 35.5. The standard InChI is InChI=1S/C25H24ClN5O/c1-17-15-30(16-27-17)22-11-5-18(14-23(22)32-2)6-12-24-28-29-25-21(4-3-13-31(24)25)19-7-9-20(26)10-8-19/h5-12,14-16,21H,3-4,13H2,1-2H3/b12-6+/t21-/m1/s1. The third-order valence-corrected chi connectivity index (χ3v) is 6.14. The van der Waals surface area contributed by atoms with E-state index in [1.165, 1.54) is 5.56 Å². The molecule has 0 unspecified atom stereocenters. The molecular weight excluding hydrogens is 422 g/mol. The Hall–Kier alpha value is -3.38. The lowest BCUT2D eigenvalue weighted by Crippen LogP contribution is -2.17. The summed E-state index contributed by atoms with van der Waals surface area (Å²) in [5.41, 5.74) is 4.18. The zero-order chi connectivity index (χ0) is 22.1. The summed E-state index contributed by atoms with van der Waals surface area (Å²) in [6.45, 7) is 2.89. The maximum absolute atomic E-state index is 6.07. The normalized spacial score (nSPS) is 15.8. The van der Waals surface area contributed by atoms with E-state index >= 15 is 0 Å². The van der Waals surface area contributed by atoms with Crippen molar-refractivity contribution < 1.29 is 4.74 Å². The molecule has 2 aromatic heterocycles. The summed E-state index contributed by atoms with van der Waals surface area (Å²) >= 11 is 6.07. The summed E-state index contributed by atoms with van der Waals surface area (Å²) in [4.78, 5) is 4.30. The van der Waals surface area contributed by atoms with Crippen LogP contribution in [-0.4, -0.2) is 31.4 Å². The SMILES string of the molecule is COc1cc(/C=C/c2nnc3n2CCC[C@@H]3c2ccc(Cl)cc2)ccc1-n1cnc(C)c1. The number of rotatable bonds is 5. The second-order valence-corrected chi connectivity index (χ2v) is 8.44. The van der Waals surface area contributed by atoms with E-state index in [2.05, 4.69) is 44.0 Å². The number of aryl methyl sites for hydroxylation is 1. The highest BCUT2D eigenvalue weighted by molar-refractivity contribution is 6.30. The molecule has 6 nitrogen and oxygen atoms in total. The maximum Gasteiger partial charge on any atom is 0.156 e. The van der Waals surface area contributed by atoms with Crippen molar-refractivity contribution in [3.05, 3.63) is 88.5 Å². The van der Waals surface area contributed by atoms with Gasteiger partial charge in [0.15, 0.2) is 5.82 Å². The van der Waals surface area contributed by atoms with Crippen molar-refractivity contribution in [2.75, 3.05) is 7.11 Å². The molecule has 1 aliphatic rings. The van der Waals surface area contributed by atoms with Crippen LogP contribution in [0.5, 0.6) is 5.75 Å². The zero-order valence-electron chi connectivity index (χ0n) is 18.1. The van der Waals surface area contributed by atoms with Gasteiger partial charge in [0.2, 0.25) is 0 Å². The van der Waals surface area contributed by atoms with Crippen LogP contribution in [-0.2, 0) is 6.54 Å². The topological polar surface area (TPSA) is 57.8 Å². The van der Waals surface area contributed by atoms with Crippen LogP contribution in [0.2, 0.25) is 5.02 Å². The second kappa shape index (κ2) is 8.63. The average molecular weight is 446 g/mol. The largest absolute Gasteiger partial charge is 0.495 e. The van der Waals surface area contributed by atoms with Crippen molar-refractivity contribution in [2.45, 2.75) is 32.2 Å². The summed E-state index contributed by atoms with van der Waals surface area (Å²) in [5, 5.41) is 9.76. The highest BCUT2D eigenvalue weighted by Crippen LogP contribution is 2.33. The Morgan fingerprint density at radius 1 is 1.09 bits per heavy atom. The van der Waals surface area contributed by atoms with Gasteiger partial charge in [0.1, 0.15) is 11.6 Å². The Morgan fingerprint density at radius 3 is 2.69 bits per heavy atom. The Balaban J connectivity index is 1.41. The van der Waals surface area contributed by atoms with E-state index in [1.807, 2.05) is 48.0 Å². The Labute approximate surface area is 192 Å². The van der Waals surface area contributed by atoms with Crippen molar-refractivity contribution in [1.82, 2.24) is 24.3 Å². The number of halogens is 1. The van der Waals surface area contributed by atoms with Gasteiger partial charge >= 0.3 is 0 Å². The molecule has 0 spiro atoms. The molecule has 0 aliphatic carbocycles. The minimum Gasteiger partial charge on any atom is -0.495 e. The van der Waals surface area contributed by atoms with Crippen LogP contribution >= 0.6 is 11.6 Å². The van der Waals surface area contributed by atoms with Gasteiger partial charge in [0.25, 0.3) is 0 Å². The molecule has 1 aliphatic heterocycles. The minimum absolute atomic E-state index is 0.244. The van der Waals surface area contributed by atoms with Crippen molar-refractivity contribution in [2.24, 2.45) is 0 Å². The number of aromatic nitrogens is 5. The van der Waals surface area contributed by atoms with Gasteiger partial charge < -0.3 is 13.9 Å². The van der Waals surface area contributed by atoms with Crippen LogP contribution in [0, 0.1) is 6.92 Å². The molecule has 0 saturated carbocycles. The molecule has 0 fully saturated rings. The fourth-order valence-corrected chi connectivity index (χ4v) is 4.39. The molecule has 0 radical (unpaired) electrons. The van der Waals surface area contributed by atoms with E-state index < -0.39 is 0 Å². The monoisotopic (exact) mass is 445 g/mol. The van der Waals surface area contributed by atoms with Crippen molar-refractivity contribution in [3.63, 3.8) is 0 Å². The molecule has 0 saturated heterocycles. The fourth-order valence-electron chi connectivity index (χ4n) is 4.27.